The molecule has 5 heteroatoms. The summed E-state index contributed by atoms with van der Waals surface area (Å²) in [6.07, 6.45) is 1.92. The Kier molecular flexibility index (Phi) is 3.97. The van der Waals surface area contributed by atoms with Crippen LogP contribution in [0.25, 0.3) is 11.3 Å². The van der Waals surface area contributed by atoms with Crippen LogP contribution in [0.1, 0.15) is 19.2 Å². The molecule has 2 aromatic rings. The first kappa shape index (κ1) is 13.3. The van der Waals surface area contributed by atoms with Crippen LogP contribution >= 0.6 is 0 Å². The molecule has 0 saturated carbocycles. The molecule has 1 heterocycles. The molecule has 0 aliphatic carbocycles. The second-order valence-electron chi connectivity index (χ2n) is 4.56. The number of carbonyl (C=O) groups excluding carboxylic acids is 1. The third-order valence-electron chi connectivity index (χ3n) is 2.59. The lowest BCUT2D eigenvalue weighted by Crippen LogP contribution is -2.23. The Morgan fingerprint density at radius 3 is 2.63 bits per heavy atom. The second-order valence-corrected chi connectivity index (χ2v) is 4.56. The minimum absolute atomic E-state index is 0.0833. The fourth-order valence-corrected chi connectivity index (χ4v) is 1.72. The number of rotatable bonds is 4. The topological polar surface area (TPSA) is 81.2 Å². The van der Waals surface area contributed by atoms with E-state index < -0.39 is 0 Å². The largest absolute Gasteiger partial charge is 0.449 e. The number of anilines is 1. The molecule has 1 aromatic heterocycles. The molecule has 0 aliphatic heterocycles. The van der Waals surface area contributed by atoms with Crippen molar-refractivity contribution in [3.05, 3.63) is 36.4 Å². The van der Waals surface area contributed by atoms with E-state index in [9.17, 15) is 4.79 Å². The number of hydrogen-bond donors (Lipinski definition) is 2. The maximum absolute atomic E-state index is 11.6. The van der Waals surface area contributed by atoms with E-state index in [0.29, 0.717) is 12.3 Å². The first-order valence-electron chi connectivity index (χ1n) is 6.12. The van der Waals surface area contributed by atoms with E-state index in [2.05, 4.69) is 10.3 Å². The quantitative estimate of drug-likeness (QED) is 0.883. The van der Waals surface area contributed by atoms with Crippen molar-refractivity contribution in [1.82, 2.24) is 4.98 Å². The predicted molar refractivity (Wildman–Crippen MR) is 73.6 cm³/mol. The fraction of sp³-hybridized carbons (Fsp3) is 0.286. The average molecular weight is 259 g/mol. The smallest absolute Gasteiger partial charge is 0.225 e. The lowest BCUT2D eigenvalue weighted by molar-refractivity contribution is -0.116. The molecule has 100 valence electrons. The Labute approximate surface area is 111 Å². The van der Waals surface area contributed by atoms with Crippen LogP contribution in [0.15, 0.2) is 34.9 Å². The summed E-state index contributed by atoms with van der Waals surface area (Å²) in [7, 11) is 0. The number of amides is 1. The molecular formula is C14H17N3O2. The van der Waals surface area contributed by atoms with Gasteiger partial charge in [-0.15, -0.1) is 0 Å². The normalized spacial score (nSPS) is 12.2. The van der Waals surface area contributed by atoms with Crippen LogP contribution in [0.2, 0.25) is 0 Å². The number of hydrogen-bond acceptors (Lipinski definition) is 4. The predicted octanol–water partition coefficient (Wildman–Crippen LogP) is 2.33. The zero-order valence-electron chi connectivity index (χ0n) is 11.0. The van der Waals surface area contributed by atoms with Crippen LogP contribution in [0, 0.1) is 6.92 Å². The van der Waals surface area contributed by atoms with Crippen LogP contribution in [-0.4, -0.2) is 16.9 Å². The monoisotopic (exact) mass is 259 g/mol. The van der Waals surface area contributed by atoms with E-state index in [0.717, 1.165) is 16.9 Å². The van der Waals surface area contributed by atoms with Gasteiger partial charge in [0.15, 0.2) is 5.89 Å². The first-order chi connectivity index (χ1) is 9.04. The first-order valence-corrected chi connectivity index (χ1v) is 6.12. The Hall–Kier alpha value is -2.14. The van der Waals surface area contributed by atoms with Crippen molar-refractivity contribution in [2.24, 2.45) is 5.73 Å². The van der Waals surface area contributed by atoms with Gasteiger partial charge in [0.25, 0.3) is 0 Å². The van der Waals surface area contributed by atoms with Crippen LogP contribution < -0.4 is 11.1 Å². The van der Waals surface area contributed by atoms with Gasteiger partial charge in [-0.25, -0.2) is 4.98 Å². The third kappa shape index (κ3) is 3.66. The van der Waals surface area contributed by atoms with Crippen molar-refractivity contribution in [3.8, 4) is 11.3 Å². The van der Waals surface area contributed by atoms with Crippen LogP contribution in [0.4, 0.5) is 5.69 Å². The van der Waals surface area contributed by atoms with E-state index in [1.54, 1.807) is 20.1 Å². The van der Waals surface area contributed by atoms with E-state index >= 15 is 0 Å². The van der Waals surface area contributed by atoms with Crippen molar-refractivity contribution in [2.75, 3.05) is 5.32 Å². The lowest BCUT2D eigenvalue weighted by atomic mass is 10.1. The molecule has 0 saturated heterocycles. The number of aromatic nitrogens is 1. The van der Waals surface area contributed by atoms with Gasteiger partial charge in [-0.05, 0) is 19.1 Å². The highest BCUT2D eigenvalue weighted by atomic mass is 16.3. The molecule has 0 radical (unpaired) electrons. The van der Waals surface area contributed by atoms with Gasteiger partial charge in [0.2, 0.25) is 5.91 Å². The highest BCUT2D eigenvalue weighted by Crippen LogP contribution is 2.20. The minimum atomic E-state index is -0.141. The summed E-state index contributed by atoms with van der Waals surface area (Å²) < 4.78 is 5.16. The molecule has 0 aliphatic rings. The number of aryl methyl sites for hydroxylation is 1. The molecule has 19 heavy (non-hydrogen) atoms. The minimum Gasteiger partial charge on any atom is -0.449 e. The molecule has 3 N–H and O–H groups in total. The molecule has 2 rings (SSSR count). The zero-order chi connectivity index (χ0) is 13.8. The van der Waals surface area contributed by atoms with Crippen LogP contribution in [0.3, 0.4) is 0 Å². The second kappa shape index (κ2) is 5.67. The van der Waals surface area contributed by atoms with Crippen molar-refractivity contribution in [3.63, 3.8) is 0 Å². The summed E-state index contributed by atoms with van der Waals surface area (Å²) in [5.74, 6) is 0.546. The SMILES string of the molecule is Cc1nc(-c2ccc(NC(=O)CC(C)N)cc2)co1. The van der Waals surface area contributed by atoms with Crippen LogP contribution in [-0.2, 0) is 4.79 Å². The summed E-state index contributed by atoms with van der Waals surface area (Å²) in [5, 5.41) is 2.79. The van der Waals surface area contributed by atoms with E-state index in [1.807, 2.05) is 24.3 Å². The van der Waals surface area contributed by atoms with E-state index in [4.69, 9.17) is 10.2 Å². The molecule has 5 nitrogen and oxygen atoms in total. The van der Waals surface area contributed by atoms with Gasteiger partial charge in [0.1, 0.15) is 12.0 Å². The molecule has 0 bridgehead atoms. The summed E-state index contributed by atoms with van der Waals surface area (Å²) in [6.45, 7) is 3.60. The molecule has 0 fully saturated rings. The van der Waals surface area contributed by atoms with E-state index in [-0.39, 0.29) is 11.9 Å². The van der Waals surface area contributed by atoms with Gasteiger partial charge in [-0.1, -0.05) is 12.1 Å². The highest BCUT2D eigenvalue weighted by molar-refractivity contribution is 5.91. The zero-order valence-corrected chi connectivity index (χ0v) is 11.0. The lowest BCUT2D eigenvalue weighted by Gasteiger charge is -2.07. The maximum atomic E-state index is 11.6. The van der Waals surface area contributed by atoms with Gasteiger partial charge in [0.05, 0.1) is 0 Å². The van der Waals surface area contributed by atoms with Crippen molar-refractivity contribution >= 4 is 11.6 Å². The third-order valence-corrected chi connectivity index (χ3v) is 2.59. The number of nitrogens with zero attached hydrogens (tertiary/aromatic N) is 1. The number of nitrogens with one attached hydrogen (secondary N) is 1. The Balaban J connectivity index is 2.04. The number of carbonyl (C=O) groups is 1. The number of oxazole rings is 1. The van der Waals surface area contributed by atoms with Crippen molar-refractivity contribution < 1.29 is 9.21 Å². The average Bonchev–Trinajstić information content (AvgIpc) is 2.75. The molecule has 1 aromatic carbocycles. The maximum Gasteiger partial charge on any atom is 0.225 e. The summed E-state index contributed by atoms with van der Waals surface area (Å²) in [6, 6.07) is 7.30. The van der Waals surface area contributed by atoms with Gasteiger partial charge in [-0.3, -0.25) is 4.79 Å². The van der Waals surface area contributed by atoms with Crippen molar-refractivity contribution in [2.45, 2.75) is 26.3 Å². The summed E-state index contributed by atoms with van der Waals surface area (Å²) in [5.41, 5.74) is 8.04. The molecule has 1 amide bonds. The van der Waals surface area contributed by atoms with Gasteiger partial charge in [0, 0.05) is 30.6 Å². The number of benzene rings is 1. The Morgan fingerprint density at radius 2 is 2.11 bits per heavy atom. The Morgan fingerprint density at radius 1 is 1.42 bits per heavy atom. The summed E-state index contributed by atoms with van der Waals surface area (Å²) >= 11 is 0. The van der Waals surface area contributed by atoms with Gasteiger partial charge in [-0.2, -0.15) is 0 Å². The highest BCUT2D eigenvalue weighted by Gasteiger charge is 2.06. The van der Waals surface area contributed by atoms with Gasteiger partial charge >= 0.3 is 0 Å². The summed E-state index contributed by atoms with van der Waals surface area (Å²) in [4.78, 5) is 15.8. The van der Waals surface area contributed by atoms with Gasteiger partial charge < -0.3 is 15.5 Å². The number of nitrogens with two attached hydrogens (primary N) is 1. The van der Waals surface area contributed by atoms with Crippen LogP contribution in [0.5, 0.6) is 0 Å². The fourth-order valence-electron chi connectivity index (χ4n) is 1.72. The Bertz CT molecular complexity index is 558. The molecular weight excluding hydrogens is 242 g/mol. The molecule has 1 atom stereocenters. The van der Waals surface area contributed by atoms with E-state index in [1.165, 1.54) is 0 Å². The standard InChI is InChI=1S/C14H17N3O2/c1-9(15)7-14(18)17-12-5-3-11(4-6-12)13-8-19-10(2)16-13/h3-6,8-9H,7,15H2,1-2H3,(H,17,18). The van der Waals surface area contributed by atoms with Crippen molar-refractivity contribution in [1.29, 1.82) is 0 Å². The molecule has 1 unspecified atom stereocenters. The molecule has 0 spiro atoms.